The molecule has 1 aromatic heterocycles. The number of hydrogen-bond acceptors (Lipinski definition) is 4. The first-order valence-corrected chi connectivity index (χ1v) is 7.98. The maximum atomic E-state index is 6.03. The van der Waals surface area contributed by atoms with Crippen molar-refractivity contribution in [2.45, 2.75) is 44.7 Å². The highest BCUT2D eigenvalue weighted by atomic mass is 15.3. The van der Waals surface area contributed by atoms with Gasteiger partial charge in [0.25, 0.3) is 0 Å². The van der Waals surface area contributed by atoms with Crippen LogP contribution in [0.1, 0.15) is 44.3 Å². The Kier molecular flexibility index (Phi) is 4.22. The van der Waals surface area contributed by atoms with E-state index >= 15 is 0 Å². The quantitative estimate of drug-likeness (QED) is 0.917. The summed E-state index contributed by atoms with van der Waals surface area (Å²) in [6, 6.07) is 5.10. The summed E-state index contributed by atoms with van der Waals surface area (Å²) in [6.45, 7) is 6.86. The highest BCUT2D eigenvalue weighted by Gasteiger charge is 2.28. The van der Waals surface area contributed by atoms with Crippen LogP contribution in [-0.2, 0) is 0 Å². The molecule has 3 rings (SSSR count). The minimum atomic E-state index is 0.0687. The van der Waals surface area contributed by atoms with Crippen LogP contribution in [0.3, 0.4) is 0 Å². The van der Waals surface area contributed by atoms with Crippen molar-refractivity contribution in [1.29, 1.82) is 0 Å². The molecule has 2 N–H and O–H groups in total. The molecule has 1 unspecified atom stereocenters. The fraction of sp³-hybridized carbons (Fsp3) is 0.688. The van der Waals surface area contributed by atoms with Crippen molar-refractivity contribution in [1.82, 2.24) is 9.88 Å². The van der Waals surface area contributed by atoms with Crippen molar-refractivity contribution < 1.29 is 0 Å². The molecule has 110 valence electrons. The van der Waals surface area contributed by atoms with Gasteiger partial charge in [0.15, 0.2) is 0 Å². The topological polar surface area (TPSA) is 45.4 Å². The van der Waals surface area contributed by atoms with Gasteiger partial charge in [-0.2, -0.15) is 0 Å². The normalized spacial score (nSPS) is 25.3. The number of rotatable bonds is 3. The monoisotopic (exact) mass is 274 g/mol. The van der Waals surface area contributed by atoms with E-state index in [0.29, 0.717) is 0 Å². The molecule has 2 saturated heterocycles. The van der Waals surface area contributed by atoms with Gasteiger partial charge < -0.3 is 10.6 Å². The van der Waals surface area contributed by atoms with E-state index in [-0.39, 0.29) is 6.04 Å². The van der Waals surface area contributed by atoms with Gasteiger partial charge in [0.1, 0.15) is 0 Å². The van der Waals surface area contributed by atoms with Crippen LogP contribution in [-0.4, -0.2) is 42.1 Å². The Balaban J connectivity index is 1.67. The summed E-state index contributed by atoms with van der Waals surface area (Å²) >= 11 is 0. The number of aromatic nitrogens is 1. The summed E-state index contributed by atoms with van der Waals surface area (Å²) in [5.74, 6) is 0. The molecule has 0 radical (unpaired) electrons. The van der Waals surface area contributed by atoms with Gasteiger partial charge in [-0.1, -0.05) is 13.3 Å². The third kappa shape index (κ3) is 2.81. The molecular formula is C16H26N4. The van der Waals surface area contributed by atoms with Crippen molar-refractivity contribution in [2.75, 3.05) is 31.1 Å². The van der Waals surface area contributed by atoms with Crippen molar-refractivity contribution in [3.63, 3.8) is 0 Å². The van der Waals surface area contributed by atoms with Crippen LogP contribution in [0.25, 0.3) is 0 Å². The fourth-order valence-corrected chi connectivity index (χ4v) is 3.40. The Hall–Kier alpha value is -1.13. The number of piperazine rings is 1. The number of pyridine rings is 1. The number of anilines is 1. The van der Waals surface area contributed by atoms with E-state index in [2.05, 4.69) is 33.8 Å². The summed E-state index contributed by atoms with van der Waals surface area (Å²) in [5.41, 5.74) is 8.29. The third-order valence-corrected chi connectivity index (χ3v) is 4.79. The van der Waals surface area contributed by atoms with Gasteiger partial charge in [0.05, 0.1) is 17.6 Å². The number of nitrogens with two attached hydrogens (primary N) is 1. The van der Waals surface area contributed by atoms with Gasteiger partial charge in [0, 0.05) is 31.7 Å². The van der Waals surface area contributed by atoms with Crippen molar-refractivity contribution in [3.8, 4) is 0 Å². The van der Waals surface area contributed by atoms with Gasteiger partial charge in [-0.3, -0.25) is 9.88 Å². The number of fused-ring (bicyclic) bond motifs is 1. The maximum Gasteiger partial charge on any atom is 0.0572 e. The summed E-state index contributed by atoms with van der Waals surface area (Å²) in [7, 11) is 0. The number of hydrogen-bond donors (Lipinski definition) is 1. The summed E-state index contributed by atoms with van der Waals surface area (Å²) in [4.78, 5) is 9.70. The largest absolute Gasteiger partial charge is 0.367 e. The Morgan fingerprint density at radius 2 is 2.20 bits per heavy atom. The molecule has 0 aromatic carbocycles. The van der Waals surface area contributed by atoms with Crippen molar-refractivity contribution >= 4 is 5.69 Å². The minimum Gasteiger partial charge on any atom is -0.367 e. The predicted octanol–water partition coefficient (Wildman–Crippen LogP) is 2.17. The fourth-order valence-electron chi connectivity index (χ4n) is 3.40. The van der Waals surface area contributed by atoms with Crippen LogP contribution in [0.4, 0.5) is 5.69 Å². The third-order valence-electron chi connectivity index (χ3n) is 4.79. The van der Waals surface area contributed by atoms with Crippen LogP contribution in [0.2, 0.25) is 0 Å². The van der Waals surface area contributed by atoms with Crippen molar-refractivity contribution in [2.24, 2.45) is 5.73 Å². The van der Waals surface area contributed by atoms with E-state index < -0.39 is 0 Å². The Morgan fingerprint density at radius 1 is 1.30 bits per heavy atom. The molecule has 1 aromatic rings. The van der Waals surface area contributed by atoms with E-state index in [4.69, 9.17) is 5.73 Å². The van der Waals surface area contributed by atoms with Gasteiger partial charge in [-0.25, -0.2) is 0 Å². The van der Waals surface area contributed by atoms with Gasteiger partial charge >= 0.3 is 0 Å². The molecular weight excluding hydrogens is 248 g/mol. The Labute approximate surface area is 122 Å². The minimum absolute atomic E-state index is 0.0687. The van der Waals surface area contributed by atoms with Crippen LogP contribution in [0.5, 0.6) is 0 Å². The predicted molar refractivity (Wildman–Crippen MR) is 82.9 cm³/mol. The molecule has 2 fully saturated rings. The molecule has 0 spiro atoms. The standard InChI is InChI=1S/C16H26N4/c1-2-15(17)16-7-6-13(11-18-16)20-10-9-19-8-4-3-5-14(19)12-20/h6-7,11,14-15H,2-5,8-10,12,17H2,1H3/t14?,15-/m1/s1. The van der Waals surface area contributed by atoms with Gasteiger partial charge in [-0.05, 0) is 37.9 Å². The molecule has 0 aliphatic carbocycles. The van der Waals surface area contributed by atoms with E-state index in [1.807, 2.05) is 6.20 Å². The second kappa shape index (κ2) is 6.10. The van der Waals surface area contributed by atoms with Crippen LogP contribution in [0.15, 0.2) is 18.3 Å². The van der Waals surface area contributed by atoms with Crippen molar-refractivity contribution in [3.05, 3.63) is 24.0 Å². The first-order chi connectivity index (χ1) is 9.78. The molecule has 2 aliphatic heterocycles. The molecule has 4 heteroatoms. The zero-order chi connectivity index (χ0) is 13.9. The lowest BCUT2D eigenvalue weighted by molar-refractivity contribution is 0.133. The lowest BCUT2D eigenvalue weighted by Crippen LogP contribution is -2.54. The molecule has 20 heavy (non-hydrogen) atoms. The molecule has 2 atom stereocenters. The maximum absolute atomic E-state index is 6.03. The molecule has 0 bridgehead atoms. The highest BCUT2D eigenvalue weighted by molar-refractivity contribution is 5.45. The van der Waals surface area contributed by atoms with Crippen LogP contribution >= 0.6 is 0 Å². The van der Waals surface area contributed by atoms with Gasteiger partial charge in [-0.15, -0.1) is 0 Å². The highest BCUT2D eigenvalue weighted by Crippen LogP contribution is 2.25. The summed E-state index contributed by atoms with van der Waals surface area (Å²) in [5, 5.41) is 0. The lowest BCUT2D eigenvalue weighted by atomic mass is 9.99. The number of nitrogens with zero attached hydrogens (tertiary/aromatic N) is 3. The first-order valence-electron chi connectivity index (χ1n) is 7.98. The molecule has 2 aliphatic rings. The van der Waals surface area contributed by atoms with E-state index in [9.17, 15) is 0 Å². The first kappa shape index (κ1) is 13.8. The smallest absolute Gasteiger partial charge is 0.0572 e. The van der Waals surface area contributed by atoms with E-state index in [0.717, 1.165) is 31.2 Å². The molecule has 4 nitrogen and oxygen atoms in total. The van der Waals surface area contributed by atoms with Crippen LogP contribution in [0, 0.1) is 0 Å². The Morgan fingerprint density at radius 3 is 2.95 bits per heavy atom. The summed E-state index contributed by atoms with van der Waals surface area (Å²) in [6.07, 6.45) is 7.05. The zero-order valence-electron chi connectivity index (χ0n) is 12.5. The second-order valence-electron chi connectivity index (χ2n) is 6.09. The molecule has 3 heterocycles. The SMILES string of the molecule is CC[C@@H](N)c1ccc(N2CCN3CCCCC3C2)cn1. The van der Waals surface area contributed by atoms with Crippen LogP contribution < -0.4 is 10.6 Å². The summed E-state index contributed by atoms with van der Waals surface area (Å²) < 4.78 is 0. The molecule has 0 saturated carbocycles. The lowest BCUT2D eigenvalue weighted by Gasteiger charge is -2.44. The Bertz CT molecular complexity index is 431. The van der Waals surface area contributed by atoms with E-state index in [1.54, 1.807) is 0 Å². The number of piperidine rings is 1. The van der Waals surface area contributed by atoms with E-state index in [1.165, 1.54) is 38.0 Å². The average Bonchev–Trinajstić information content (AvgIpc) is 2.54. The molecule has 0 amide bonds. The zero-order valence-corrected chi connectivity index (χ0v) is 12.5. The van der Waals surface area contributed by atoms with Gasteiger partial charge in [0.2, 0.25) is 0 Å². The average molecular weight is 274 g/mol. The second-order valence-corrected chi connectivity index (χ2v) is 6.09.